The summed E-state index contributed by atoms with van der Waals surface area (Å²) in [4.78, 5) is 0. The summed E-state index contributed by atoms with van der Waals surface area (Å²) < 4.78 is 15.8. The second-order valence-electron chi connectivity index (χ2n) is 14.2. The number of hydrogen-bond donors (Lipinski definition) is 0. The fourth-order valence-corrected chi connectivity index (χ4v) is 7.65. The Labute approximate surface area is 261 Å². The Morgan fingerprint density at radius 2 is 1.43 bits per heavy atom. The van der Waals surface area contributed by atoms with Crippen LogP contribution in [-0.4, -0.2) is 22.9 Å². The van der Waals surface area contributed by atoms with E-state index in [4.69, 9.17) is 9.31 Å². The third-order valence-corrected chi connectivity index (χ3v) is 11.1. The first-order valence-corrected chi connectivity index (χ1v) is 16.0. The van der Waals surface area contributed by atoms with E-state index in [-0.39, 0.29) is 0 Å². The Hall–Kier alpha value is -3.86. The van der Waals surface area contributed by atoms with Gasteiger partial charge >= 0.3 is 7.12 Å². The van der Waals surface area contributed by atoms with E-state index in [1.54, 1.807) is 0 Å². The zero-order valence-corrected chi connectivity index (χ0v) is 26.8. The molecule has 220 valence electrons. The zero-order valence-electron chi connectivity index (χ0n) is 26.8. The summed E-state index contributed by atoms with van der Waals surface area (Å²) in [5.74, 6) is 0.897. The molecule has 0 N–H and O–H groups in total. The van der Waals surface area contributed by atoms with Crippen molar-refractivity contribution in [2.45, 2.75) is 65.1 Å². The van der Waals surface area contributed by atoms with E-state index in [1.807, 2.05) is 0 Å². The predicted molar refractivity (Wildman–Crippen MR) is 183 cm³/mol. The quantitative estimate of drug-likeness (QED) is 0.200. The van der Waals surface area contributed by atoms with Crippen LogP contribution in [0.5, 0.6) is 0 Å². The maximum atomic E-state index is 6.63. The molecular formula is C40H40BNO2. The van der Waals surface area contributed by atoms with Crippen LogP contribution in [0.3, 0.4) is 0 Å². The van der Waals surface area contributed by atoms with Gasteiger partial charge in [-0.25, -0.2) is 0 Å². The molecule has 1 aromatic heterocycles. The number of fused-ring (bicyclic) bond motifs is 5. The molecule has 0 amide bonds. The fraction of sp³-hybridized carbons (Fsp3) is 0.300. The molecule has 8 rings (SSSR count). The fourth-order valence-electron chi connectivity index (χ4n) is 7.65. The lowest BCUT2D eigenvalue weighted by Crippen LogP contribution is -2.41. The Bertz CT molecular complexity index is 2010. The maximum Gasteiger partial charge on any atom is 0.494 e. The lowest BCUT2D eigenvalue weighted by molar-refractivity contribution is 0.00578. The minimum Gasteiger partial charge on any atom is -0.399 e. The van der Waals surface area contributed by atoms with E-state index in [1.165, 1.54) is 55.3 Å². The molecule has 0 saturated carbocycles. The van der Waals surface area contributed by atoms with Gasteiger partial charge in [-0.3, -0.25) is 0 Å². The number of rotatable bonds is 3. The van der Waals surface area contributed by atoms with Crippen LogP contribution in [-0.2, 0) is 14.7 Å². The Morgan fingerprint density at radius 1 is 0.727 bits per heavy atom. The molecule has 44 heavy (non-hydrogen) atoms. The van der Waals surface area contributed by atoms with Crippen LogP contribution in [0, 0.1) is 18.8 Å². The Morgan fingerprint density at radius 3 is 2.16 bits per heavy atom. The van der Waals surface area contributed by atoms with Crippen molar-refractivity contribution in [1.82, 2.24) is 4.57 Å². The number of hydrogen-bond acceptors (Lipinski definition) is 2. The highest BCUT2D eigenvalue weighted by Gasteiger charge is 2.53. The standard InChI is InChI=1S/C40H40BNO2/c1-25-15-18-28(19-16-25)40(29-20-17-26(2)27(3)23-29)33-13-10-12-32-31-11-8-9-14-35(31)42(37(32)33)36-22-21-30(24-34(36)40)41-43-38(4,5)39(6,7)44-41/h8-24,26-27H,1-7H3. The van der Waals surface area contributed by atoms with Crippen molar-refractivity contribution >= 4 is 34.4 Å². The summed E-state index contributed by atoms with van der Waals surface area (Å²) in [5, 5.41) is 2.57. The summed E-state index contributed by atoms with van der Waals surface area (Å²) in [5.41, 5.74) is 9.82. The number of allylic oxidation sites excluding steroid dienone is 4. The minimum atomic E-state index is -0.530. The van der Waals surface area contributed by atoms with Crippen molar-refractivity contribution in [3.8, 4) is 5.69 Å². The minimum absolute atomic E-state index is 0.416. The molecule has 3 heterocycles. The predicted octanol–water partition coefficient (Wildman–Crippen LogP) is 8.81. The number of aromatic nitrogens is 1. The normalized spacial score (nSPS) is 25.0. The Balaban J connectivity index is 1.53. The van der Waals surface area contributed by atoms with Gasteiger partial charge < -0.3 is 13.9 Å². The molecule has 4 heteroatoms. The third kappa shape index (κ3) is 3.65. The van der Waals surface area contributed by atoms with Crippen LogP contribution in [0.4, 0.5) is 0 Å². The molecule has 1 saturated heterocycles. The number of nitrogens with zero attached hydrogens (tertiary/aromatic N) is 1. The second-order valence-corrected chi connectivity index (χ2v) is 14.2. The smallest absolute Gasteiger partial charge is 0.399 e. The van der Waals surface area contributed by atoms with Crippen molar-refractivity contribution in [1.29, 1.82) is 0 Å². The van der Waals surface area contributed by atoms with Gasteiger partial charge in [-0.15, -0.1) is 0 Å². The molecule has 0 spiro atoms. The zero-order chi connectivity index (χ0) is 30.6. The van der Waals surface area contributed by atoms with Gasteiger partial charge in [-0.1, -0.05) is 110 Å². The molecular weight excluding hydrogens is 537 g/mol. The number of benzene rings is 4. The summed E-state index contributed by atoms with van der Waals surface area (Å²) >= 11 is 0. The van der Waals surface area contributed by atoms with Crippen LogP contribution in [0.1, 0.15) is 63.8 Å². The average Bonchev–Trinajstić information content (AvgIpc) is 3.45. The molecule has 1 fully saturated rings. The number of aryl methyl sites for hydroxylation is 1. The molecule has 3 unspecified atom stereocenters. The van der Waals surface area contributed by atoms with E-state index in [0.717, 1.165) is 5.46 Å². The monoisotopic (exact) mass is 577 g/mol. The van der Waals surface area contributed by atoms with E-state index in [2.05, 4.69) is 156 Å². The average molecular weight is 578 g/mol. The van der Waals surface area contributed by atoms with Crippen LogP contribution < -0.4 is 5.46 Å². The topological polar surface area (TPSA) is 23.4 Å². The van der Waals surface area contributed by atoms with E-state index < -0.39 is 23.7 Å². The highest BCUT2D eigenvalue weighted by Crippen LogP contribution is 2.55. The molecule has 3 nitrogen and oxygen atoms in total. The molecule has 0 bridgehead atoms. The van der Waals surface area contributed by atoms with Crippen molar-refractivity contribution < 1.29 is 9.31 Å². The third-order valence-electron chi connectivity index (χ3n) is 11.1. The first-order chi connectivity index (χ1) is 21.0. The van der Waals surface area contributed by atoms with Crippen molar-refractivity contribution in [3.05, 3.63) is 131 Å². The van der Waals surface area contributed by atoms with E-state index in [0.29, 0.717) is 11.8 Å². The lowest BCUT2D eigenvalue weighted by Gasteiger charge is -2.44. The van der Waals surface area contributed by atoms with Crippen LogP contribution in [0.2, 0.25) is 0 Å². The summed E-state index contributed by atoms with van der Waals surface area (Å²) in [6, 6.07) is 31.8. The second kappa shape index (κ2) is 9.33. The van der Waals surface area contributed by atoms with Crippen LogP contribution >= 0.6 is 0 Å². The first kappa shape index (κ1) is 27.7. The Kier molecular flexibility index (Phi) is 5.87. The van der Waals surface area contributed by atoms with E-state index >= 15 is 0 Å². The number of para-hydroxylation sites is 2. The largest absolute Gasteiger partial charge is 0.494 e. The molecule has 3 atom stereocenters. The van der Waals surface area contributed by atoms with Gasteiger partial charge in [-0.2, -0.15) is 0 Å². The van der Waals surface area contributed by atoms with Gasteiger partial charge in [0.2, 0.25) is 0 Å². The lowest BCUT2D eigenvalue weighted by atomic mass is 9.60. The maximum absolute atomic E-state index is 6.63. The molecule has 5 aromatic rings. The van der Waals surface area contributed by atoms with Gasteiger partial charge in [-0.05, 0) is 86.3 Å². The molecule has 3 aliphatic rings. The molecule has 4 aromatic carbocycles. The summed E-state index contributed by atoms with van der Waals surface area (Å²) in [6.45, 7) is 15.3. The summed E-state index contributed by atoms with van der Waals surface area (Å²) in [6.07, 6.45) is 7.32. The van der Waals surface area contributed by atoms with Gasteiger partial charge in [0.25, 0.3) is 0 Å². The van der Waals surface area contributed by atoms with Crippen LogP contribution in [0.15, 0.2) is 109 Å². The summed E-state index contributed by atoms with van der Waals surface area (Å²) in [7, 11) is -0.450. The first-order valence-electron chi connectivity index (χ1n) is 16.0. The molecule has 2 aliphatic heterocycles. The molecule has 0 radical (unpaired) electrons. The highest BCUT2D eigenvalue weighted by molar-refractivity contribution is 6.62. The van der Waals surface area contributed by atoms with Gasteiger partial charge in [0.1, 0.15) is 0 Å². The van der Waals surface area contributed by atoms with Gasteiger partial charge in [0, 0.05) is 10.8 Å². The molecule has 1 aliphatic carbocycles. The highest BCUT2D eigenvalue weighted by atomic mass is 16.7. The van der Waals surface area contributed by atoms with E-state index in [9.17, 15) is 0 Å². The van der Waals surface area contributed by atoms with Gasteiger partial charge in [0.05, 0.1) is 33.3 Å². The van der Waals surface area contributed by atoms with Crippen molar-refractivity contribution in [3.63, 3.8) is 0 Å². The van der Waals surface area contributed by atoms with Gasteiger partial charge in [0.15, 0.2) is 0 Å². The SMILES string of the molecule is Cc1ccc(C2(C3=CC(C)C(C)C=C3)c3cc(B4OC(C)(C)C(C)(C)O4)ccc3-n3c4ccccc4c4cccc2c43)cc1. The van der Waals surface area contributed by atoms with Crippen LogP contribution in [0.25, 0.3) is 27.5 Å². The van der Waals surface area contributed by atoms with Crippen molar-refractivity contribution in [2.75, 3.05) is 0 Å². The van der Waals surface area contributed by atoms with Crippen molar-refractivity contribution in [2.24, 2.45) is 11.8 Å².